The number of halogens is 1. The molecular weight excluding hydrogens is 293 g/mol. The van der Waals surface area contributed by atoms with Gasteiger partial charge in [0.1, 0.15) is 22.5 Å². The van der Waals surface area contributed by atoms with E-state index in [1.54, 1.807) is 6.07 Å². The van der Waals surface area contributed by atoms with E-state index < -0.39 is 0 Å². The number of benzene rings is 3. The Labute approximate surface area is 130 Å². The monoisotopic (exact) mass is 303 g/mol. The molecule has 5 rings (SSSR count). The van der Waals surface area contributed by atoms with Crippen LogP contribution in [0.15, 0.2) is 69.5 Å². The Morgan fingerprint density at radius 2 is 1.65 bits per heavy atom. The molecule has 23 heavy (non-hydrogen) atoms. The molecule has 0 aliphatic rings. The van der Waals surface area contributed by atoms with Crippen molar-refractivity contribution in [2.45, 2.75) is 0 Å². The van der Waals surface area contributed by atoms with E-state index in [-0.39, 0.29) is 5.82 Å². The third-order valence-electron chi connectivity index (χ3n) is 3.98. The zero-order chi connectivity index (χ0) is 15.4. The molecule has 0 saturated carbocycles. The minimum atomic E-state index is -0.299. The van der Waals surface area contributed by atoms with Gasteiger partial charge >= 0.3 is 0 Å². The minimum absolute atomic E-state index is 0.299. The van der Waals surface area contributed by atoms with Gasteiger partial charge in [0.25, 0.3) is 0 Å². The second-order valence-corrected chi connectivity index (χ2v) is 5.41. The molecular formula is C19H10FNO2. The average molecular weight is 303 g/mol. The van der Waals surface area contributed by atoms with E-state index >= 15 is 0 Å². The van der Waals surface area contributed by atoms with Crippen LogP contribution >= 0.6 is 0 Å². The topological polar surface area (TPSA) is 39.2 Å². The van der Waals surface area contributed by atoms with E-state index in [9.17, 15) is 4.39 Å². The van der Waals surface area contributed by atoms with Crippen molar-refractivity contribution in [2.24, 2.45) is 0 Å². The van der Waals surface area contributed by atoms with Crippen molar-refractivity contribution in [3.05, 3.63) is 66.5 Å². The summed E-state index contributed by atoms with van der Waals surface area (Å²) in [4.78, 5) is 4.54. The molecule has 0 radical (unpaired) electrons. The van der Waals surface area contributed by atoms with Crippen LogP contribution in [0.2, 0.25) is 0 Å². The van der Waals surface area contributed by atoms with E-state index in [0.717, 1.165) is 27.4 Å². The largest absolute Gasteiger partial charge is 0.456 e. The number of hydrogen-bond acceptors (Lipinski definition) is 3. The molecule has 0 aliphatic carbocycles. The van der Waals surface area contributed by atoms with Gasteiger partial charge in [-0.2, -0.15) is 0 Å². The van der Waals surface area contributed by atoms with E-state index in [1.165, 1.54) is 12.1 Å². The molecule has 0 bridgehead atoms. The maximum absolute atomic E-state index is 13.7. The Morgan fingerprint density at radius 3 is 2.57 bits per heavy atom. The highest BCUT2D eigenvalue weighted by Gasteiger charge is 2.16. The second-order valence-electron chi connectivity index (χ2n) is 5.41. The molecule has 0 amide bonds. The smallest absolute Gasteiger partial charge is 0.228 e. The first-order valence-corrected chi connectivity index (χ1v) is 7.26. The van der Waals surface area contributed by atoms with Crippen molar-refractivity contribution < 1.29 is 13.2 Å². The summed E-state index contributed by atoms with van der Waals surface area (Å²) in [6, 6.07) is 17.8. The summed E-state index contributed by atoms with van der Waals surface area (Å²) < 4.78 is 25.3. The normalized spacial score (nSPS) is 11.7. The van der Waals surface area contributed by atoms with Crippen molar-refractivity contribution in [3.8, 4) is 11.5 Å². The van der Waals surface area contributed by atoms with Crippen LogP contribution in [0, 0.1) is 5.82 Å². The lowest BCUT2D eigenvalue weighted by Crippen LogP contribution is -1.79. The van der Waals surface area contributed by atoms with Crippen molar-refractivity contribution in [3.63, 3.8) is 0 Å². The Kier molecular flexibility index (Phi) is 2.39. The predicted molar refractivity (Wildman–Crippen MR) is 86.7 cm³/mol. The van der Waals surface area contributed by atoms with Gasteiger partial charge < -0.3 is 8.83 Å². The zero-order valence-corrected chi connectivity index (χ0v) is 11.9. The third kappa shape index (κ3) is 1.78. The molecule has 0 N–H and O–H groups in total. The average Bonchev–Trinajstić information content (AvgIpc) is 3.15. The van der Waals surface area contributed by atoms with Crippen LogP contribution in [0.5, 0.6) is 0 Å². The molecule has 3 nitrogen and oxygen atoms in total. The van der Waals surface area contributed by atoms with Crippen molar-refractivity contribution in [1.29, 1.82) is 0 Å². The first kappa shape index (κ1) is 12.4. The van der Waals surface area contributed by atoms with Crippen LogP contribution in [0.1, 0.15) is 0 Å². The Morgan fingerprint density at radius 1 is 0.783 bits per heavy atom. The van der Waals surface area contributed by atoms with Crippen LogP contribution in [0.4, 0.5) is 4.39 Å². The number of rotatable bonds is 1. The van der Waals surface area contributed by atoms with Gasteiger partial charge in [0.2, 0.25) is 5.89 Å². The van der Waals surface area contributed by atoms with Crippen LogP contribution in [0.3, 0.4) is 0 Å². The van der Waals surface area contributed by atoms with Gasteiger partial charge in [0, 0.05) is 16.3 Å². The molecule has 4 heteroatoms. The fourth-order valence-corrected chi connectivity index (χ4v) is 2.96. The lowest BCUT2D eigenvalue weighted by molar-refractivity contribution is 0.620. The molecule has 0 unspecified atom stereocenters. The second kappa shape index (κ2) is 4.43. The zero-order valence-electron chi connectivity index (χ0n) is 11.9. The molecule has 0 atom stereocenters. The summed E-state index contributed by atoms with van der Waals surface area (Å²) in [5, 5.41) is 1.53. The van der Waals surface area contributed by atoms with Gasteiger partial charge in [-0.3, -0.25) is 0 Å². The molecule has 2 heterocycles. The lowest BCUT2D eigenvalue weighted by atomic mass is 10.1. The Bertz CT molecular complexity index is 1150. The summed E-state index contributed by atoms with van der Waals surface area (Å²) in [5.41, 5.74) is 3.63. The highest BCUT2D eigenvalue weighted by atomic mass is 19.1. The summed E-state index contributed by atoms with van der Waals surface area (Å²) in [7, 11) is 0. The quantitative estimate of drug-likeness (QED) is 0.408. The maximum Gasteiger partial charge on any atom is 0.228 e. The molecule has 0 aliphatic heterocycles. The third-order valence-corrected chi connectivity index (χ3v) is 3.98. The summed E-state index contributed by atoms with van der Waals surface area (Å²) in [5.74, 6) is 0.205. The first-order valence-electron chi connectivity index (χ1n) is 7.26. The lowest BCUT2D eigenvalue weighted by Gasteiger charge is -1.98. The van der Waals surface area contributed by atoms with Gasteiger partial charge in [-0.15, -0.1) is 0 Å². The number of para-hydroxylation sites is 2. The number of oxazole rings is 1. The molecule has 0 spiro atoms. The maximum atomic E-state index is 13.7. The van der Waals surface area contributed by atoms with E-state index in [4.69, 9.17) is 8.83 Å². The summed E-state index contributed by atoms with van der Waals surface area (Å²) >= 11 is 0. The van der Waals surface area contributed by atoms with E-state index in [0.29, 0.717) is 17.1 Å². The minimum Gasteiger partial charge on any atom is -0.456 e. The number of furan rings is 1. The summed E-state index contributed by atoms with van der Waals surface area (Å²) in [6.45, 7) is 0. The fraction of sp³-hybridized carbons (Fsp3) is 0. The van der Waals surface area contributed by atoms with Crippen LogP contribution < -0.4 is 0 Å². The van der Waals surface area contributed by atoms with Crippen LogP contribution in [-0.4, -0.2) is 4.98 Å². The number of hydrogen-bond donors (Lipinski definition) is 0. The van der Waals surface area contributed by atoms with Gasteiger partial charge in [-0.25, -0.2) is 9.37 Å². The summed E-state index contributed by atoms with van der Waals surface area (Å²) in [6.07, 6.45) is 0. The SMILES string of the molecule is Fc1ccc2oc3cccc(-c4nc5ccccc5o4)c3c2c1. The first-order chi connectivity index (χ1) is 11.3. The Hall–Kier alpha value is -3.14. The van der Waals surface area contributed by atoms with Crippen LogP contribution in [-0.2, 0) is 0 Å². The molecule has 3 aromatic carbocycles. The molecule has 110 valence electrons. The van der Waals surface area contributed by atoms with Gasteiger partial charge in [0.05, 0.1) is 0 Å². The van der Waals surface area contributed by atoms with Gasteiger partial charge in [-0.05, 0) is 42.5 Å². The van der Waals surface area contributed by atoms with E-state index in [1.807, 2.05) is 42.5 Å². The highest BCUT2D eigenvalue weighted by Crippen LogP contribution is 2.37. The van der Waals surface area contributed by atoms with Crippen LogP contribution in [0.25, 0.3) is 44.5 Å². The number of fused-ring (bicyclic) bond motifs is 4. The highest BCUT2D eigenvalue weighted by molar-refractivity contribution is 6.11. The van der Waals surface area contributed by atoms with Crippen molar-refractivity contribution in [1.82, 2.24) is 4.98 Å². The fourth-order valence-electron chi connectivity index (χ4n) is 2.96. The number of nitrogens with zero attached hydrogens (tertiary/aromatic N) is 1. The molecule has 2 aromatic heterocycles. The van der Waals surface area contributed by atoms with E-state index in [2.05, 4.69) is 4.98 Å². The molecule has 0 fully saturated rings. The standard InChI is InChI=1S/C19H10FNO2/c20-11-8-9-15-13(10-11)18-12(4-3-7-17(18)22-15)19-21-14-5-1-2-6-16(14)23-19/h1-10H. The van der Waals surface area contributed by atoms with Crippen molar-refractivity contribution in [2.75, 3.05) is 0 Å². The Balaban J connectivity index is 1.90. The predicted octanol–water partition coefficient (Wildman–Crippen LogP) is 5.53. The van der Waals surface area contributed by atoms with Gasteiger partial charge in [-0.1, -0.05) is 18.2 Å². The number of aromatic nitrogens is 1. The molecule has 0 saturated heterocycles. The molecule has 5 aromatic rings. The van der Waals surface area contributed by atoms with Gasteiger partial charge in [0.15, 0.2) is 5.58 Å². The van der Waals surface area contributed by atoms with Crippen molar-refractivity contribution >= 4 is 33.0 Å².